The number of hydrogen-bond acceptors (Lipinski definition) is 5. The highest BCUT2D eigenvalue weighted by Gasteiger charge is 2.28. The van der Waals surface area contributed by atoms with Crippen molar-refractivity contribution in [3.63, 3.8) is 0 Å². The van der Waals surface area contributed by atoms with E-state index < -0.39 is 11.9 Å². The van der Waals surface area contributed by atoms with E-state index >= 15 is 0 Å². The van der Waals surface area contributed by atoms with Crippen molar-refractivity contribution in [1.82, 2.24) is 25.1 Å². The highest BCUT2D eigenvalue weighted by atomic mass is 16.4. The van der Waals surface area contributed by atoms with Crippen LogP contribution in [0.15, 0.2) is 30.3 Å². The third kappa shape index (κ3) is 3.53. The molecule has 0 spiro atoms. The Hall–Kier alpha value is -2.77. The first-order valence-electron chi connectivity index (χ1n) is 7.47. The van der Waals surface area contributed by atoms with Crippen LogP contribution in [-0.2, 0) is 16.1 Å². The Morgan fingerprint density at radius 2 is 2.04 bits per heavy atom. The van der Waals surface area contributed by atoms with Gasteiger partial charge >= 0.3 is 5.97 Å². The molecule has 23 heavy (non-hydrogen) atoms. The Bertz CT molecular complexity index is 700. The number of carboxylic acid groups (broad SMARTS) is 1. The zero-order chi connectivity index (χ0) is 16.2. The van der Waals surface area contributed by atoms with Crippen LogP contribution in [0.25, 0.3) is 11.4 Å². The molecule has 1 saturated heterocycles. The van der Waals surface area contributed by atoms with Crippen LogP contribution in [-0.4, -0.2) is 55.2 Å². The molecule has 1 aromatic heterocycles. The summed E-state index contributed by atoms with van der Waals surface area (Å²) < 4.78 is 0. The SMILES string of the molecule is O=C(O)[C@@H]1CCCN(C(=O)Cn2nnc(-c3ccccc3)n2)C1. The fourth-order valence-electron chi connectivity index (χ4n) is 2.64. The van der Waals surface area contributed by atoms with Gasteiger partial charge in [0.05, 0.1) is 5.92 Å². The molecule has 2 aromatic rings. The Balaban J connectivity index is 1.64. The Morgan fingerprint density at radius 3 is 2.78 bits per heavy atom. The summed E-state index contributed by atoms with van der Waals surface area (Å²) in [6.07, 6.45) is 1.31. The van der Waals surface area contributed by atoms with Crippen molar-refractivity contribution in [2.45, 2.75) is 19.4 Å². The quantitative estimate of drug-likeness (QED) is 0.889. The maximum Gasteiger partial charge on any atom is 0.308 e. The van der Waals surface area contributed by atoms with Gasteiger partial charge in [0.1, 0.15) is 6.54 Å². The van der Waals surface area contributed by atoms with Crippen LogP contribution >= 0.6 is 0 Å². The van der Waals surface area contributed by atoms with Crippen molar-refractivity contribution in [2.75, 3.05) is 13.1 Å². The number of rotatable bonds is 4. The fourth-order valence-corrected chi connectivity index (χ4v) is 2.64. The van der Waals surface area contributed by atoms with Crippen molar-refractivity contribution in [3.05, 3.63) is 30.3 Å². The number of carbonyl (C=O) groups excluding carboxylic acids is 1. The summed E-state index contributed by atoms with van der Waals surface area (Å²) in [7, 11) is 0. The molecular formula is C15H17N5O3. The number of aliphatic carboxylic acids is 1. The van der Waals surface area contributed by atoms with E-state index in [1.807, 2.05) is 30.3 Å². The van der Waals surface area contributed by atoms with E-state index in [4.69, 9.17) is 5.11 Å². The van der Waals surface area contributed by atoms with Gasteiger partial charge in [-0.2, -0.15) is 4.80 Å². The molecule has 1 amide bonds. The van der Waals surface area contributed by atoms with Crippen LogP contribution in [0.3, 0.4) is 0 Å². The molecule has 8 nitrogen and oxygen atoms in total. The monoisotopic (exact) mass is 315 g/mol. The lowest BCUT2D eigenvalue weighted by atomic mass is 9.98. The minimum Gasteiger partial charge on any atom is -0.481 e. The predicted octanol–water partition coefficient (Wildman–Crippen LogP) is 0.663. The van der Waals surface area contributed by atoms with Crippen molar-refractivity contribution in [2.24, 2.45) is 5.92 Å². The molecule has 1 fully saturated rings. The first kappa shape index (κ1) is 15.1. The van der Waals surface area contributed by atoms with E-state index in [0.29, 0.717) is 25.2 Å². The topological polar surface area (TPSA) is 101 Å². The summed E-state index contributed by atoms with van der Waals surface area (Å²) in [5.74, 6) is -1.07. The molecule has 0 unspecified atom stereocenters. The lowest BCUT2D eigenvalue weighted by molar-refractivity contribution is -0.145. The number of tetrazole rings is 1. The van der Waals surface area contributed by atoms with E-state index in [2.05, 4.69) is 15.4 Å². The van der Waals surface area contributed by atoms with Crippen LogP contribution in [0.1, 0.15) is 12.8 Å². The second-order valence-electron chi connectivity index (χ2n) is 5.53. The third-order valence-corrected chi connectivity index (χ3v) is 3.88. The highest BCUT2D eigenvalue weighted by molar-refractivity contribution is 5.77. The van der Waals surface area contributed by atoms with Gasteiger partial charge in [0.25, 0.3) is 0 Å². The van der Waals surface area contributed by atoms with E-state index in [1.165, 1.54) is 4.80 Å². The molecule has 0 radical (unpaired) electrons. The van der Waals surface area contributed by atoms with Crippen molar-refractivity contribution >= 4 is 11.9 Å². The number of hydrogen-bond donors (Lipinski definition) is 1. The largest absolute Gasteiger partial charge is 0.481 e. The molecule has 2 heterocycles. The van der Waals surface area contributed by atoms with Gasteiger partial charge in [-0.1, -0.05) is 30.3 Å². The van der Waals surface area contributed by atoms with E-state index in [-0.39, 0.29) is 19.0 Å². The molecule has 0 bridgehead atoms. The van der Waals surface area contributed by atoms with Crippen molar-refractivity contribution in [1.29, 1.82) is 0 Å². The molecule has 1 atom stereocenters. The van der Waals surface area contributed by atoms with Gasteiger partial charge in [-0.3, -0.25) is 9.59 Å². The third-order valence-electron chi connectivity index (χ3n) is 3.88. The Morgan fingerprint density at radius 1 is 1.26 bits per heavy atom. The average Bonchev–Trinajstić information content (AvgIpc) is 3.04. The zero-order valence-electron chi connectivity index (χ0n) is 12.5. The van der Waals surface area contributed by atoms with Crippen molar-refractivity contribution in [3.8, 4) is 11.4 Å². The van der Waals surface area contributed by atoms with Crippen LogP contribution in [0.2, 0.25) is 0 Å². The number of likely N-dealkylation sites (tertiary alicyclic amines) is 1. The van der Waals surface area contributed by atoms with Gasteiger partial charge in [0.15, 0.2) is 0 Å². The summed E-state index contributed by atoms with van der Waals surface area (Å²) in [5, 5.41) is 21.1. The number of carboxylic acids is 1. The van der Waals surface area contributed by atoms with Crippen LogP contribution < -0.4 is 0 Å². The van der Waals surface area contributed by atoms with Gasteiger partial charge in [0.2, 0.25) is 11.7 Å². The minimum atomic E-state index is -0.854. The molecule has 0 aliphatic carbocycles. The first-order chi connectivity index (χ1) is 11.1. The lowest BCUT2D eigenvalue weighted by Gasteiger charge is -2.30. The van der Waals surface area contributed by atoms with Gasteiger partial charge in [-0.25, -0.2) is 0 Å². The van der Waals surface area contributed by atoms with Gasteiger partial charge in [-0.15, -0.1) is 10.2 Å². The van der Waals surface area contributed by atoms with E-state index in [1.54, 1.807) is 4.90 Å². The maximum absolute atomic E-state index is 12.3. The smallest absolute Gasteiger partial charge is 0.308 e. The molecule has 1 aliphatic rings. The normalized spacial score (nSPS) is 17.9. The molecule has 120 valence electrons. The van der Waals surface area contributed by atoms with Gasteiger partial charge in [-0.05, 0) is 18.1 Å². The number of aromatic nitrogens is 4. The number of benzene rings is 1. The molecule has 0 saturated carbocycles. The molecule has 3 rings (SSSR count). The first-order valence-corrected chi connectivity index (χ1v) is 7.47. The maximum atomic E-state index is 12.3. The van der Waals surface area contributed by atoms with Gasteiger partial charge < -0.3 is 10.0 Å². The Labute approximate surface area is 132 Å². The average molecular weight is 315 g/mol. The van der Waals surface area contributed by atoms with Gasteiger partial charge in [0, 0.05) is 18.7 Å². The fraction of sp³-hybridized carbons (Fsp3) is 0.400. The second kappa shape index (κ2) is 6.55. The van der Waals surface area contributed by atoms with Crippen LogP contribution in [0.5, 0.6) is 0 Å². The number of nitrogens with zero attached hydrogens (tertiary/aromatic N) is 5. The van der Waals surface area contributed by atoms with Crippen LogP contribution in [0, 0.1) is 5.92 Å². The standard InChI is InChI=1S/C15H17N5O3/c21-13(19-8-4-7-12(9-19)15(22)23)10-20-17-14(16-18-20)11-5-2-1-3-6-11/h1-3,5-6,12H,4,7-10H2,(H,22,23)/t12-/m1/s1. The van der Waals surface area contributed by atoms with E-state index in [0.717, 1.165) is 5.56 Å². The number of amides is 1. The molecule has 1 aliphatic heterocycles. The van der Waals surface area contributed by atoms with Crippen molar-refractivity contribution < 1.29 is 14.7 Å². The lowest BCUT2D eigenvalue weighted by Crippen LogP contribution is -2.43. The second-order valence-corrected chi connectivity index (χ2v) is 5.53. The summed E-state index contributed by atoms with van der Waals surface area (Å²) >= 11 is 0. The number of carbonyl (C=O) groups is 2. The molecule has 8 heteroatoms. The minimum absolute atomic E-state index is 0.0355. The predicted molar refractivity (Wildman–Crippen MR) is 80.2 cm³/mol. The number of piperidine rings is 1. The molecule has 1 aromatic carbocycles. The summed E-state index contributed by atoms with van der Waals surface area (Å²) in [5.41, 5.74) is 0.829. The summed E-state index contributed by atoms with van der Waals surface area (Å²) in [4.78, 5) is 26.2. The molecular weight excluding hydrogens is 298 g/mol. The zero-order valence-corrected chi connectivity index (χ0v) is 12.5. The molecule has 1 N–H and O–H groups in total. The van der Waals surface area contributed by atoms with Crippen LogP contribution in [0.4, 0.5) is 0 Å². The Kier molecular flexibility index (Phi) is 4.31. The summed E-state index contributed by atoms with van der Waals surface area (Å²) in [6.45, 7) is 0.781. The summed E-state index contributed by atoms with van der Waals surface area (Å²) in [6, 6.07) is 9.38. The van der Waals surface area contributed by atoms with E-state index in [9.17, 15) is 9.59 Å². The highest BCUT2D eigenvalue weighted by Crippen LogP contribution is 2.17.